The second kappa shape index (κ2) is 6.33. The minimum atomic E-state index is 0.238. The second-order valence-corrected chi connectivity index (χ2v) is 7.99. The van der Waals surface area contributed by atoms with Crippen LogP contribution in [0.4, 0.5) is 0 Å². The summed E-state index contributed by atoms with van der Waals surface area (Å²) in [6, 6.07) is 0. The van der Waals surface area contributed by atoms with Crippen molar-refractivity contribution in [3.05, 3.63) is 0 Å². The van der Waals surface area contributed by atoms with E-state index in [9.17, 15) is 0 Å². The number of ether oxygens (including phenoxy) is 1. The molecule has 2 aliphatic rings. The van der Waals surface area contributed by atoms with E-state index >= 15 is 0 Å². The predicted octanol–water partition coefficient (Wildman–Crippen LogP) is 2.89. The van der Waals surface area contributed by atoms with Crippen LogP contribution in [0.15, 0.2) is 0 Å². The molecule has 1 heterocycles. The van der Waals surface area contributed by atoms with E-state index in [0.717, 1.165) is 13.2 Å². The largest absolute Gasteiger partial charge is 0.384 e. The molecule has 2 N–H and O–H groups in total. The van der Waals surface area contributed by atoms with Crippen molar-refractivity contribution in [2.24, 2.45) is 23.0 Å². The smallest absolute Gasteiger partial charge is 0.0502 e. The van der Waals surface area contributed by atoms with Gasteiger partial charge in [-0.2, -0.15) is 0 Å². The molecule has 1 aliphatic carbocycles. The molecule has 0 aromatic rings. The SMILES string of the molecule is COCC1CCCN(C2(CN)CCC(C)(C)CC2C)C1. The van der Waals surface area contributed by atoms with Gasteiger partial charge in [-0.05, 0) is 55.9 Å². The lowest BCUT2D eigenvalue weighted by Crippen LogP contribution is -2.63. The van der Waals surface area contributed by atoms with Gasteiger partial charge in [0.15, 0.2) is 0 Å². The Hall–Kier alpha value is -0.120. The van der Waals surface area contributed by atoms with E-state index in [1.54, 1.807) is 0 Å². The van der Waals surface area contributed by atoms with Crippen LogP contribution in [0.2, 0.25) is 0 Å². The fraction of sp³-hybridized carbons (Fsp3) is 1.00. The van der Waals surface area contributed by atoms with Gasteiger partial charge >= 0.3 is 0 Å². The highest BCUT2D eigenvalue weighted by atomic mass is 16.5. The molecule has 1 saturated heterocycles. The molecule has 118 valence electrons. The van der Waals surface area contributed by atoms with Crippen LogP contribution >= 0.6 is 0 Å². The second-order valence-electron chi connectivity index (χ2n) is 7.99. The summed E-state index contributed by atoms with van der Waals surface area (Å²) in [5, 5.41) is 0. The summed E-state index contributed by atoms with van der Waals surface area (Å²) in [7, 11) is 1.82. The van der Waals surface area contributed by atoms with Gasteiger partial charge in [0.2, 0.25) is 0 Å². The molecule has 0 amide bonds. The maximum atomic E-state index is 6.29. The average molecular weight is 282 g/mol. The molecule has 3 unspecified atom stereocenters. The first-order chi connectivity index (χ1) is 9.43. The molecule has 0 bridgehead atoms. The normalized spacial score (nSPS) is 38.9. The Kier molecular flexibility index (Phi) is 5.14. The standard InChI is InChI=1S/C17H34N2O/c1-14-10-16(2,3)7-8-17(14,13-18)19-9-5-6-15(11-19)12-20-4/h14-15H,5-13,18H2,1-4H3. The van der Waals surface area contributed by atoms with E-state index in [0.29, 0.717) is 17.3 Å². The average Bonchev–Trinajstić information content (AvgIpc) is 2.39. The molecule has 0 radical (unpaired) electrons. The maximum absolute atomic E-state index is 6.29. The highest BCUT2D eigenvalue weighted by Crippen LogP contribution is 2.47. The lowest BCUT2D eigenvalue weighted by molar-refractivity contribution is -0.0504. The summed E-state index contributed by atoms with van der Waals surface area (Å²) in [5.74, 6) is 1.39. The zero-order valence-corrected chi connectivity index (χ0v) is 14.0. The van der Waals surface area contributed by atoms with Gasteiger partial charge in [0.05, 0.1) is 6.61 Å². The number of likely N-dealkylation sites (tertiary alicyclic amines) is 1. The van der Waals surface area contributed by atoms with Gasteiger partial charge in [-0.15, -0.1) is 0 Å². The molecule has 2 fully saturated rings. The monoisotopic (exact) mass is 282 g/mol. The van der Waals surface area contributed by atoms with Crippen LogP contribution in [-0.4, -0.2) is 43.8 Å². The molecule has 2 rings (SSSR count). The minimum Gasteiger partial charge on any atom is -0.384 e. The van der Waals surface area contributed by atoms with Crippen LogP contribution in [0.1, 0.15) is 52.9 Å². The van der Waals surface area contributed by atoms with Crippen molar-refractivity contribution >= 4 is 0 Å². The summed E-state index contributed by atoms with van der Waals surface area (Å²) in [5.41, 5.74) is 7.02. The summed E-state index contributed by atoms with van der Waals surface area (Å²) in [6.45, 7) is 11.4. The quantitative estimate of drug-likeness (QED) is 0.861. The number of hydrogen-bond donors (Lipinski definition) is 1. The molecule has 0 spiro atoms. The summed E-state index contributed by atoms with van der Waals surface area (Å²) in [4.78, 5) is 2.72. The zero-order valence-electron chi connectivity index (χ0n) is 14.0. The molecule has 1 aliphatic heterocycles. The van der Waals surface area contributed by atoms with Crippen molar-refractivity contribution in [2.75, 3.05) is 33.4 Å². The topological polar surface area (TPSA) is 38.5 Å². The molecular formula is C17H34N2O. The molecule has 3 atom stereocenters. The Morgan fingerprint density at radius 3 is 2.65 bits per heavy atom. The Labute approximate surface area is 125 Å². The molecular weight excluding hydrogens is 248 g/mol. The van der Waals surface area contributed by atoms with Crippen molar-refractivity contribution in [1.82, 2.24) is 4.90 Å². The Morgan fingerprint density at radius 1 is 1.30 bits per heavy atom. The Morgan fingerprint density at radius 2 is 2.05 bits per heavy atom. The van der Waals surface area contributed by atoms with Gasteiger partial charge in [-0.3, -0.25) is 4.90 Å². The molecule has 3 heteroatoms. The lowest BCUT2D eigenvalue weighted by Gasteiger charge is -2.55. The number of methoxy groups -OCH3 is 1. The maximum Gasteiger partial charge on any atom is 0.0502 e. The number of rotatable bonds is 4. The van der Waals surface area contributed by atoms with Gasteiger partial charge in [-0.25, -0.2) is 0 Å². The van der Waals surface area contributed by atoms with Crippen LogP contribution in [0, 0.1) is 17.3 Å². The summed E-state index contributed by atoms with van der Waals surface area (Å²) >= 11 is 0. The van der Waals surface area contributed by atoms with Crippen LogP contribution < -0.4 is 5.73 Å². The van der Waals surface area contributed by atoms with Gasteiger partial charge in [0.1, 0.15) is 0 Å². The van der Waals surface area contributed by atoms with Crippen molar-refractivity contribution < 1.29 is 4.74 Å². The molecule has 0 aromatic carbocycles. The van der Waals surface area contributed by atoms with E-state index in [1.807, 2.05) is 7.11 Å². The molecule has 3 nitrogen and oxygen atoms in total. The Balaban J connectivity index is 2.10. The van der Waals surface area contributed by atoms with Crippen molar-refractivity contribution in [2.45, 2.75) is 58.4 Å². The number of nitrogens with zero attached hydrogens (tertiary/aromatic N) is 1. The summed E-state index contributed by atoms with van der Waals surface area (Å²) in [6.07, 6.45) is 6.48. The van der Waals surface area contributed by atoms with Crippen LogP contribution in [-0.2, 0) is 4.74 Å². The van der Waals surface area contributed by atoms with Crippen molar-refractivity contribution in [3.63, 3.8) is 0 Å². The highest BCUT2D eigenvalue weighted by Gasteiger charge is 2.47. The third kappa shape index (κ3) is 3.20. The van der Waals surface area contributed by atoms with E-state index < -0.39 is 0 Å². The van der Waals surface area contributed by atoms with E-state index in [-0.39, 0.29) is 5.54 Å². The van der Waals surface area contributed by atoms with Gasteiger partial charge in [0.25, 0.3) is 0 Å². The summed E-state index contributed by atoms with van der Waals surface area (Å²) < 4.78 is 5.39. The van der Waals surface area contributed by atoms with Crippen molar-refractivity contribution in [3.8, 4) is 0 Å². The predicted molar refractivity (Wildman–Crippen MR) is 84.8 cm³/mol. The third-order valence-electron chi connectivity index (χ3n) is 5.92. The molecule has 1 saturated carbocycles. The fourth-order valence-electron chi connectivity index (χ4n) is 4.67. The number of nitrogens with two attached hydrogens (primary N) is 1. The van der Waals surface area contributed by atoms with Crippen LogP contribution in [0.5, 0.6) is 0 Å². The number of piperidine rings is 1. The third-order valence-corrected chi connectivity index (χ3v) is 5.92. The Bertz CT molecular complexity index is 316. The van der Waals surface area contributed by atoms with Crippen LogP contribution in [0.25, 0.3) is 0 Å². The first-order valence-corrected chi connectivity index (χ1v) is 8.37. The first-order valence-electron chi connectivity index (χ1n) is 8.37. The fourth-order valence-corrected chi connectivity index (χ4v) is 4.67. The van der Waals surface area contributed by atoms with Gasteiger partial charge < -0.3 is 10.5 Å². The van der Waals surface area contributed by atoms with E-state index in [4.69, 9.17) is 10.5 Å². The minimum absolute atomic E-state index is 0.238. The number of hydrogen-bond acceptors (Lipinski definition) is 3. The molecule has 0 aromatic heterocycles. The van der Waals surface area contributed by atoms with Gasteiger partial charge in [0, 0.05) is 25.7 Å². The van der Waals surface area contributed by atoms with Gasteiger partial charge in [-0.1, -0.05) is 20.8 Å². The lowest BCUT2D eigenvalue weighted by atomic mass is 9.62. The van der Waals surface area contributed by atoms with Crippen LogP contribution in [0.3, 0.4) is 0 Å². The van der Waals surface area contributed by atoms with Crippen molar-refractivity contribution in [1.29, 1.82) is 0 Å². The highest BCUT2D eigenvalue weighted by molar-refractivity contribution is 5.03. The van der Waals surface area contributed by atoms with E-state index in [1.165, 1.54) is 45.2 Å². The van der Waals surface area contributed by atoms with E-state index in [2.05, 4.69) is 25.7 Å². The zero-order chi connectivity index (χ0) is 14.8. The first kappa shape index (κ1) is 16.3. The molecule has 20 heavy (non-hydrogen) atoms.